The molecule has 1 heterocycles. The van der Waals surface area contributed by atoms with Crippen molar-refractivity contribution >= 4 is 88.4 Å². The van der Waals surface area contributed by atoms with Gasteiger partial charge in [0, 0.05) is 56.1 Å². The molecule has 11 aromatic rings. The first kappa shape index (κ1) is 34.4. The molecule has 60 heavy (non-hydrogen) atoms. The molecule has 0 aliphatic heterocycles. The van der Waals surface area contributed by atoms with Gasteiger partial charge in [-0.1, -0.05) is 135 Å². The molecule has 12 rings (SSSR count). The first-order valence-electron chi connectivity index (χ1n) is 20.7. The van der Waals surface area contributed by atoms with Crippen LogP contribution in [0.2, 0.25) is 0 Å². The fourth-order valence-corrected chi connectivity index (χ4v) is 9.85. The van der Waals surface area contributed by atoms with Crippen LogP contribution in [0.5, 0.6) is 0 Å². The summed E-state index contributed by atoms with van der Waals surface area (Å²) in [6.07, 6.45) is 0. The fourth-order valence-electron chi connectivity index (χ4n) is 9.85. The predicted molar refractivity (Wildman–Crippen MR) is 253 cm³/mol. The zero-order valence-electron chi connectivity index (χ0n) is 33.4. The number of fused-ring (bicyclic) bond motifs is 10. The van der Waals surface area contributed by atoms with E-state index in [0.717, 1.165) is 61.4 Å². The molecule has 0 amide bonds. The summed E-state index contributed by atoms with van der Waals surface area (Å²) < 4.78 is 6.62. The Bertz CT molecular complexity index is 3470. The topological polar surface area (TPSA) is 19.6 Å². The second-order valence-electron chi connectivity index (χ2n) is 16.6. The minimum Gasteiger partial charge on any atom is -0.456 e. The van der Waals surface area contributed by atoms with Gasteiger partial charge in [-0.05, 0) is 128 Å². The Kier molecular flexibility index (Phi) is 7.58. The Morgan fingerprint density at radius 3 is 1.68 bits per heavy atom. The van der Waals surface area contributed by atoms with Crippen molar-refractivity contribution in [2.75, 3.05) is 9.80 Å². The molecule has 0 spiro atoms. The SMILES string of the molecule is CC1(C)c2ccccc2-c2ccc(N(c3ccccc3)c3cc4ccccc4c4ccc(N(c5ccccc5)c5ccc6c(c5)oc5cc7ccccc7cc56)cc34)cc21. The highest BCUT2D eigenvalue weighted by Gasteiger charge is 2.36. The van der Waals surface area contributed by atoms with E-state index in [1.54, 1.807) is 0 Å². The highest BCUT2D eigenvalue weighted by molar-refractivity contribution is 6.16. The largest absolute Gasteiger partial charge is 0.456 e. The second-order valence-corrected chi connectivity index (χ2v) is 16.6. The van der Waals surface area contributed by atoms with Gasteiger partial charge in [0.15, 0.2) is 0 Å². The molecule has 1 aliphatic rings. The smallest absolute Gasteiger partial charge is 0.137 e. The van der Waals surface area contributed by atoms with Gasteiger partial charge in [-0.25, -0.2) is 0 Å². The number of benzene rings is 10. The van der Waals surface area contributed by atoms with Crippen molar-refractivity contribution < 1.29 is 4.42 Å². The van der Waals surface area contributed by atoms with Crippen molar-refractivity contribution in [2.45, 2.75) is 19.3 Å². The van der Waals surface area contributed by atoms with Crippen molar-refractivity contribution in [3.8, 4) is 11.1 Å². The fraction of sp³-hybridized carbons (Fsp3) is 0.0526. The van der Waals surface area contributed by atoms with E-state index < -0.39 is 0 Å². The van der Waals surface area contributed by atoms with Gasteiger partial charge in [-0.2, -0.15) is 0 Å². The average Bonchev–Trinajstić information content (AvgIpc) is 3.76. The number of hydrogen-bond donors (Lipinski definition) is 0. The third-order valence-corrected chi connectivity index (χ3v) is 12.8. The van der Waals surface area contributed by atoms with Gasteiger partial charge in [0.1, 0.15) is 11.2 Å². The molecular weight excluding hydrogens is 729 g/mol. The summed E-state index contributed by atoms with van der Waals surface area (Å²) in [5.41, 5.74) is 13.5. The maximum absolute atomic E-state index is 6.62. The molecule has 0 saturated heterocycles. The van der Waals surface area contributed by atoms with E-state index in [0.29, 0.717) is 0 Å². The van der Waals surface area contributed by atoms with E-state index in [4.69, 9.17) is 4.42 Å². The maximum Gasteiger partial charge on any atom is 0.137 e. The quantitative estimate of drug-likeness (QED) is 0.157. The van der Waals surface area contributed by atoms with Crippen LogP contribution in [0.15, 0.2) is 211 Å². The monoisotopic (exact) mass is 768 g/mol. The van der Waals surface area contributed by atoms with Crippen LogP contribution in [0.3, 0.4) is 0 Å². The number of para-hydroxylation sites is 2. The number of hydrogen-bond acceptors (Lipinski definition) is 3. The molecule has 0 unspecified atom stereocenters. The van der Waals surface area contributed by atoms with Crippen LogP contribution in [0.4, 0.5) is 34.1 Å². The van der Waals surface area contributed by atoms with E-state index in [-0.39, 0.29) is 5.41 Å². The van der Waals surface area contributed by atoms with Gasteiger partial charge in [0.05, 0.1) is 5.69 Å². The molecule has 0 N–H and O–H groups in total. The summed E-state index contributed by atoms with van der Waals surface area (Å²) in [5, 5.41) is 9.41. The molecule has 0 radical (unpaired) electrons. The van der Waals surface area contributed by atoms with E-state index >= 15 is 0 Å². The molecule has 0 bridgehead atoms. The van der Waals surface area contributed by atoms with Gasteiger partial charge in [0.2, 0.25) is 0 Å². The van der Waals surface area contributed by atoms with Crippen molar-refractivity contribution in [3.05, 3.63) is 217 Å². The predicted octanol–water partition coefficient (Wildman–Crippen LogP) is 16.3. The Labute approximate surface area is 349 Å². The molecule has 0 saturated carbocycles. The van der Waals surface area contributed by atoms with Gasteiger partial charge in [0.25, 0.3) is 0 Å². The molecule has 3 nitrogen and oxygen atoms in total. The van der Waals surface area contributed by atoms with Gasteiger partial charge in [-0.3, -0.25) is 0 Å². The number of anilines is 6. The van der Waals surface area contributed by atoms with Crippen LogP contribution in [-0.4, -0.2) is 0 Å². The Morgan fingerprint density at radius 2 is 0.900 bits per heavy atom. The van der Waals surface area contributed by atoms with Crippen LogP contribution >= 0.6 is 0 Å². The van der Waals surface area contributed by atoms with Crippen molar-refractivity contribution in [2.24, 2.45) is 0 Å². The third kappa shape index (κ3) is 5.29. The zero-order chi connectivity index (χ0) is 40.0. The zero-order valence-corrected chi connectivity index (χ0v) is 33.4. The Morgan fingerprint density at radius 1 is 0.333 bits per heavy atom. The second kappa shape index (κ2) is 13.2. The van der Waals surface area contributed by atoms with E-state index in [1.807, 2.05) is 0 Å². The Balaban J connectivity index is 1.08. The van der Waals surface area contributed by atoms with Gasteiger partial charge < -0.3 is 14.2 Å². The Hall–Kier alpha value is -7.62. The molecule has 1 aromatic heterocycles. The summed E-state index contributed by atoms with van der Waals surface area (Å²) in [5.74, 6) is 0. The summed E-state index contributed by atoms with van der Waals surface area (Å²) in [6.45, 7) is 4.71. The molecule has 284 valence electrons. The lowest BCUT2D eigenvalue weighted by molar-refractivity contribution is 0.660. The minimum atomic E-state index is -0.131. The normalized spacial score (nSPS) is 13.0. The number of nitrogens with zero attached hydrogens (tertiary/aromatic N) is 2. The standard InChI is InChI=1S/C57H40N2O/c1-57(2)52-24-14-13-23-47(52)48-29-26-43(35-53(48)57)59(41-20-7-4-8-21-41)54-32-39-17-11-12-22-45(39)46-28-25-42(34-50(46)54)58(40-18-5-3-6-19-40)44-27-30-49-51-31-37-15-9-10-16-38(37)33-55(51)60-56(49)36-44/h3-36H,1-2H3. The lowest BCUT2D eigenvalue weighted by atomic mass is 9.82. The summed E-state index contributed by atoms with van der Waals surface area (Å²) >= 11 is 0. The maximum atomic E-state index is 6.62. The van der Waals surface area contributed by atoms with Gasteiger partial charge in [-0.15, -0.1) is 0 Å². The van der Waals surface area contributed by atoms with Crippen molar-refractivity contribution in [3.63, 3.8) is 0 Å². The lowest BCUT2D eigenvalue weighted by Gasteiger charge is -2.30. The summed E-state index contributed by atoms with van der Waals surface area (Å²) in [6, 6.07) is 75.0. The summed E-state index contributed by atoms with van der Waals surface area (Å²) in [4.78, 5) is 4.80. The van der Waals surface area contributed by atoms with Crippen LogP contribution in [0.25, 0.3) is 65.4 Å². The first-order valence-corrected chi connectivity index (χ1v) is 20.7. The first-order chi connectivity index (χ1) is 29.5. The third-order valence-electron chi connectivity index (χ3n) is 12.8. The average molecular weight is 769 g/mol. The van der Waals surface area contributed by atoms with Gasteiger partial charge >= 0.3 is 0 Å². The summed E-state index contributed by atoms with van der Waals surface area (Å²) in [7, 11) is 0. The van der Waals surface area contributed by atoms with Crippen molar-refractivity contribution in [1.82, 2.24) is 0 Å². The van der Waals surface area contributed by atoms with Crippen LogP contribution in [-0.2, 0) is 5.41 Å². The van der Waals surface area contributed by atoms with Crippen molar-refractivity contribution in [1.29, 1.82) is 0 Å². The number of furan rings is 1. The molecule has 1 aliphatic carbocycles. The van der Waals surface area contributed by atoms with E-state index in [9.17, 15) is 0 Å². The number of rotatable bonds is 6. The molecule has 0 fully saturated rings. The molecule has 0 atom stereocenters. The van der Waals surface area contributed by atoms with Crippen LogP contribution in [0.1, 0.15) is 25.0 Å². The van der Waals surface area contributed by atoms with E-state index in [2.05, 4.69) is 230 Å². The minimum absolute atomic E-state index is 0.131. The highest BCUT2D eigenvalue weighted by atomic mass is 16.3. The van der Waals surface area contributed by atoms with E-state index in [1.165, 1.54) is 49.2 Å². The lowest BCUT2D eigenvalue weighted by Crippen LogP contribution is -2.16. The molecular formula is C57H40N2O. The molecule has 10 aromatic carbocycles. The van der Waals surface area contributed by atoms with Crippen LogP contribution < -0.4 is 9.80 Å². The highest BCUT2D eigenvalue weighted by Crippen LogP contribution is 2.52. The molecule has 3 heteroatoms. The van der Waals surface area contributed by atoms with Crippen LogP contribution in [0, 0.1) is 0 Å².